The molecule has 4 heteroatoms. The molecule has 1 fully saturated rings. The average molecular weight is 409 g/mol. The van der Waals surface area contributed by atoms with E-state index in [9.17, 15) is 9.90 Å². The van der Waals surface area contributed by atoms with Gasteiger partial charge in [-0.2, -0.15) is 0 Å². The average Bonchev–Trinajstić information content (AvgIpc) is 2.73. The second-order valence-electron chi connectivity index (χ2n) is 9.10. The van der Waals surface area contributed by atoms with E-state index >= 15 is 0 Å². The summed E-state index contributed by atoms with van der Waals surface area (Å²) < 4.78 is 0. The number of carboxylic acids is 1. The third-order valence-corrected chi connectivity index (χ3v) is 6.01. The van der Waals surface area contributed by atoms with Gasteiger partial charge in [-0.1, -0.05) is 64.3 Å². The minimum absolute atomic E-state index is 0.0268. The maximum Gasteiger partial charge on any atom is 0.303 e. The van der Waals surface area contributed by atoms with Crippen LogP contribution in [0.15, 0.2) is 48.5 Å². The molecule has 4 nitrogen and oxygen atoms in total. The Morgan fingerprint density at radius 2 is 1.77 bits per heavy atom. The van der Waals surface area contributed by atoms with Crippen LogP contribution >= 0.6 is 0 Å². The molecule has 0 saturated heterocycles. The van der Waals surface area contributed by atoms with Crippen LogP contribution in [0, 0.1) is 5.92 Å². The number of aliphatic carboxylic acids is 1. The van der Waals surface area contributed by atoms with Gasteiger partial charge in [0.2, 0.25) is 0 Å². The highest BCUT2D eigenvalue weighted by Crippen LogP contribution is 2.37. The first kappa shape index (κ1) is 22.2. The van der Waals surface area contributed by atoms with Gasteiger partial charge in [-0.05, 0) is 54.5 Å². The largest absolute Gasteiger partial charge is 0.481 e. The first-order valence-electron chi connectivity index (χ1n) is 11.4. The van der Waals surface area contributed by atoms with Crippen LogP contribution in [0.5, 0.6) is 0 Å². The molecule has 1 atom stereocenters. The van der Waals surface area contributed by atoms with Gasteiger partial charge in [-0.25, -0.2) is 0 Å². The molecule has 0 aromatic heterocycles. The Bertz CT molecular complexity index is 813. The highest BCUT2D eigenvalue weighted by atomic mass is 16.4. The summed E-state index contributed by atoms with van der Waals surface area (Å²) in [6, 6.07) is 17.3. The molecule has 0 aliphatic heterocycles. The lowest BCUT2D eigenvalue weighted by molar-refractivity contribution is -0.137. The molecule has 2 aromatic rings. The molecule has 2 aromatic carbocycles. The van der Waals surface area contributed by atoms with Gasteiger partial charge >= 0.3 is 5.97 Å². The van der Waals surface area contributed by atoms with E-state index in [0.29, 0.717) is 12.0 Å². The number of hydrogen-bond acceptors (Lipinski definition) is 3. The molecular formula is C26H36N2O2. The molecule has 1 saturated carbocycles. The Kier molecular flexibility index (Phi) is 7.78. The smallest absolute Gasteiger partial charge is 0.303 e. The van der Waals surface area contributed by atoms with Gasteiger partial charge in [0.15, 0.2) is 0 Å². The van der Waals surface area contributed by atoms with Crippen LogP contribution in [0.3, 0.4) is 0 Å². The van der Waals surface area contributed by atoms with E-state index in [1.54, 1.807) is 0 Å². The zero-order chi connectivity index (χ0) is 21.5. The summed E-state index contributed by atoms with van der Waals surface area (Å²) in [4.78, 5) is 13.8. The molecule has 0 radical (unpaired) electrons. The normalized spacial score (nSPS) is 15.7. The quantitative estimate of drug-likeness (QED) is 0.479. The topological polar surface area (TPSA) is 52.6 Å². The molecule has 1 aliphatic carbocycles. The van der Waals surface area contributed by atoms with Crippen molar-refractivity contribution in [3.8, 4) is 0 Å². The minimum atomic E-state index is -0.757. The second kappa shape index (κ2) is 10.5. The number of para-hydroxylation sites is 1. The van der Waals surface area contributed by atoms with Gasteiger partial charge in [0.05, 0.1) is 17.8 Å². The maximum absolute atomic E-state index is 11.2. The van der Waals surface area contributed by atoms with Crippen molar-refractivity contribution in [1.29, 1.82) is 0 Å². The first-order chi connectivity index (χ1) is 14.4. The summed E-state index contributed by atoms with van der Waals surface area (Å²) >= 11 is 0. The van der Waals surface area contributed by atoms with E-state index in [-0.39, 0.29) is 12.3 Å². The molecule has 3 rings (SSSR count). The van der Waals surface area contributed by atoms with Crippen molar-refractivity contribution in [1.82, 2.24) is 0 Å². The molecule has 30 heavy (non-hydrogen) atoms. The lowest BCUT2D eigenvalue weighted by atomic mass is 9.92. The van der Waals surface area contributed by atoms with Crippen molar-refractivity contribution in [2.24, 2.45) is 5.92 Å². The number of carboxylic acid groups (broad SMARTS) is 1. The van der Waals surface area contributed by atoms with Crippen molar-refractivity contribution in [2.75, 3.05) is 16.8 Å². The lowest BCUT2D eigenvalue weighted by Crippen LogP contribution is -2.39. The highest BCUT2D eigenvalue weighted by Gasteiger charge is 2.25. The predicted molar refractivity (Wildman–Crippen MR) is 126 cm³/mol. The molecular weight excluding hydrogens is 372 g/mol. The molecule has 162 valence electrons. The minimum Gasteiger partial charge on any atom is -0.481 e. The van der Waals surface area contributed by atoms with E-state index in [4.69, 9.17) is 0 Å². The molecule has 2 N–H and O–H groups in total. The Balaban J connectivity index is 1.99. The van der Waals surface area contributed by atoms with E-state index in [2.05, 4.69) is 54.4 Å². The van der Waals surface area contributed by atoms with Crippen molar-refractivity contribution < 1.29 is 9.90 Å². The van der Waals surface area contributed by atoms with Gasteiger partial charge in [0, 0.05) is 18.3 Å². The van der Waals surface area contributed by atoms with Crippen molar-refractivity contribution in [2.45, 2.75) is 71.3 Å². The highest BCUT2D eigenvalue weighted by molar-refractivity contribution is 5.77. The third-order valence-electron chi connectivity index (χ3n) is 6.01. The molecule has 1 aliphatic rings. The summed E-state index contributed by atoms with van der Waals surface area (Å²) in [5.74, 6) is -0.212. The zero-order valence-corrected chi connectivity index (χ0v) is 18.6. The molecule has 0 heterocycles. The van der Waals surface area contributed by atoms with Crippen LogP contribution in [0.2, 0.25) is 0 Å². The number of nitrogens with one attached hydrogen (secondary N) is 1. The van der Waals surface area contributed by atoms with Gasteiger partial charge < -0.3 is 15.3 Å². The fourth-order valence-electron chi connectivity index (χ4n) is 4.50. The van der Waals surface area contributed by atoms with Crippen LogP contribution in [0.4, 0.5) is 17.1 Å². The standard InChI is InChI=1S/C26H36N2O2/c1-19(2)18-28(23-12-8-5-9-13-23)25-15-14-21(20(3)16-26(29)30)17-24(25)27-22-10-6-4-7-11-22/h4,6-7,10-11,14-15,17,19-20,23,27H,5,8-9,12-13,16,18H2,1-3H3,(H,29,30). The van der Waals surface area contributed by atoms with Crippen molar-refractivity contribution in [3.05, 3.63) is 54.1 Å². The Hall–Kier alpha value is -2.49. The Morgan fingerprint density at radius 1 is 1.07 bits per heavy atom. The Morgan fingerprint density at radius 3 is 2.40 bits per heavy atom. The fourth-order valence-corrected chi connectivity index (χ4v) is 4.50. The Labute approximate surface area is 181 Å². The van der Waals surface area contributed by atoms with Crippen LogP contribution in [0.1, 0.15) is 70.8 Å². The lowest BCUT2D eigenvalue weighted by Gasteiger charge is -2.38. The monoisotopic (exact) mass is 408 g/mol. The van der Waals surface area contributed by atoms with Crippen molar-refractivity contribution >= 4 is 23.0 Å². The van der Waals surface area contributed by atoms with Gasteiger partial charge in [-0.3, -0.25) is 4.79 Å². The molecule has 0 spiro atoms. The summed E-state index contributed by atoms with van der Waals surface area (Å²) in [5.41, 5.74) is 4.41. The number of hydrogen-bond donors (Lipinski definition) is 2. The second-order valence-corrected chi connectivity index (χ2v) is 9.10. The first-order valence-corrected chi connectivity index (χ1v) is 11.4. The number of benzene rings is 2. The van der Waals surface area contributed by atoms with Crippen LogP contribution in [0.25, 0.3) is 0 Å². The molecule has 0 bridgehead atoms. The van der Waals surface area contributed by atoms with E-state index < -0.39 is 5.97 Å². The van der Waals surface area contributed by atoms with E-state index in [1.807, 2.05) is 25.1 Å². The van der Waals surface area contributed by atoms with E-state index in [0.717, 1.165) is 23.5 Å². The third kappa shape index (κ3) is 6.01. The molecule has 1 unspecified atom stereocenters. The zero-order valence-electron chi connectivity index (χ0n) is 18.6. The summed E-state index contributed by atoms with van der Waals surface area (Å²) in [7, 11) is 0. The fraction of sp³-hybridized carbons (Fsp3) is 0.500. The predicted octanol–water partition coefficient (Wildman–Crippen LogP) is 6.80. The van der Waals surface area contributed by atoms with Crippen molar-refractivity contribution in [3.63, 3.8) is 0 Å². The van der Waals surface area contributed by atoms with Crippen LogP contribution < -0.4 is 10.2 Å². The van der Waals surface area contributed by atoms with Crippen LogP contribution in [-0.2, 0) is 4.79 Å². The number of anilines is 3. The van der Waals surface area contributed by atoms with Gasteiger partial charge in [0.1, 0.15) is 0 Å². The maximum atomic E-state index is 11.2. The summed E-state index contributed by atoms with van der Waals surface area (Å²) in [5, 5.41) is 12.9. The number of carbonyl (C=O) groups is 1. The van der Waals surface area contributed by atoms with Crippen LogP contribution in [-0.4, -0.2) is 23.7 Å². The number of rotatable bonds is 9. The van der Waals surface area contributed by atoms with E-state index in [1.165, 1.54) is 37.8 Å². The van der Waals surface area contributed by atoms with Gasteiger partial charge in [0.25, 0.3) is 0 Å². The summed E-state index contributed by atoms with van der Waals surface area (Å²) in [6.45, 7) is 7.58. The number of nitrogens with zero attached hydrogens (tertiary/aromatic N) is 1. The molecule has 0 amide bonds. The SMILES string of the molecule is CC(C)CN(c1ccc(C(C)CC(=O)O)cc1Nc1ccccc1)C1CCCCC1. The van der Waals surface area contributed by atoms with Gasteiger partial charge in [-0.15, -0.1) is 0 Å². The summed E-state index contributed by atoms with van der Waals surface area (Å²) in [6.07, 6.45) is 6.57.